The van der Waals surface area contributed by atoms with E-state index < -0.39 is 28.8 Å². The van der Waals surface area contributed by atoms with E-state index in [0.717, 1.165) is 6.07 Å². The van der Waals surface area contributed by atoms with Gasteiger partial charge in [-0.15, -0.1) is 0 Å². The highest BCUT2D eigenvalue weighted by Gasteiger charge is 2.44. The van der Waals surface area contributed by atoms with Crippen molar-refractivity contribution in [3.63, 3.8) is 0 Å². The zero-order valence-electron chi connectivity index (χ0n) is 11.2. The summed E-state index contributed by atoms with van der Waals surface area (Å²) in [4.78, 5) is -0.260. The Hall–Kier alpha value is -1.48. The first kappa shape index (κ1) is 15.9. The maximum absolute atomic E-state index is 12.6. The lowest BCUT2D eigenvalue weighted by Gasteiger charge is -2.23. The Kier molecular flexibility index (Phi) is 4.07. The van der Waals surface area contributed by atoms with Gasteiger partial charge >= 0.3 is 6.18 Å². The van der Waals surface area contributed by atoms with Gasteiger partial charge in [-0.3, -0.25) is 0 Å². The van der Waals surface area contributed by atoms with Gasteiger partial charge in [0.25, 0.3) is 0 Å². The SMILES string of the molecule is COc1cc(S(=O)(=O)N(CC(F)(F)F)C2CC2)ccc1N. The smallest absolute Gasteiger partial charge is 0.402 e. The lowest BCUT2D eigenvalue weighted by Crippen LogP contribution is -2.40. The molecular weight excluding hydrogens is 309 g/mol. The molecule has 0 atom stereocenters. The summed E-state index contributed by atoms with van der Waals surface area (Å²) in [6.45, 7) is -1.49. The number of nitrogens with two attached hydrogens (primary N) is 1. The molecule has 0 saturated heterocycles. The Labute approximate surface area is 120 Å². The second kappa shape index (κ2) is 5.38. The number of methoxy groups -OCH3 is 1. The summed E-state index contributed by atoms with van der Waals surface area (Å²) < 4.78 is 68.0. The summed E-state index contributed by atoms with van der Waals surface area (Å²) in [5, 5.41) is 0. The number of alkyl halides is 3. The largest absolute Gasteiger partial charge is 0.495 e. The molecule has 118 valence electrons. The average molecular weight is 324 g/mol. The number of hydrogen-bond donors (Lipinski definition) is 1. The van der Waals surface area contributed by atoms with Gasteiger partial charge in [-0.25, -0.2) is 8.42 Å². The van der Waals surface area contributed by atoms with Crippen LogP contribution in [0.2, 0.25) is 0 Å². The molecule has 1 aliphatic rings. The highest BCUT2D eigenvalue weighted by molar-refractivity contribution is 7.89. The number of nitrogens with zero attached hydrogens (tertiary/aromatic N) is 1. The number of hydrogen-bond acceptors (Lipinski definition) is 4. The summed E-state index contributed by atoms with van der Waals surface area (Å²) in [5.74, 6) is 0.110. The van der Waals surface area contributed by atoms with E-state index in [0.29, 0.717) is 17.1 Å². The third kappa shape index (κ3) is 3.59. The molecule has 1 aliphatic carbocycles. The fraction of sp³-hybridized carbons (Fsp3) is 0.500. The van der Waals surface area contributed by atoms with Gasteiger partial charge in [0.05, 0.1) is 17.7 Å². The standard InChI is InChI=1S/C12H15F3N2O3S/c1-20-11-6-9(4-5-10(11)16)21(18,19)17(8-2-3-8)7-12(13,14)15/h4-6,8H,2-3,7,16H2,1H3. The molecule has 0 spiro atoms. The molecule has 2 N–H and O–H groups in total. The zero-order valence-corrected chi connectivity index (χ0v) is 12.0. The molecule has 21 heavy (non-hydrogen) atoms. The van der Waals surface area contributed by atoms with Crippen molar-refractivity contribution in [3.8, 4) is 5.75 Å². The van der Waals surface area contributed by atoms with Crippen LogP contribution in [0, 0.1) is 0 Å². The van der Waals surface area contributed by atoms with Crippen LogP contribution in [0.15, 0.2) is 23.1 Å². The summed E-state index contributed by atoms with van der Waals surface area (Å²) in [6.07, 6.45) is -3.73. The van der Waals surface area contributed by atoms with Gasteiger partial charge in [-0.2, -0.15) is 17.5 Å². The molecule has 0 amide bonds. The molecule has 1 aromatic rings. The molecule has 0 radical (unpaired) electrons. The minimum atomic E-state index is -4.59. The minimum absolute atomic E-state index is 0.110. The van der Waals surface area contributed by atoms with Crippen molar-refractivity contribution >= 4 is 15.7 Å². The number of benzene rings is 1. The molecule has 0 aromatic heterocycles. The number of nitrogen functional groups attached to an aromatic ring is 1. The minimum Gasteiger partial charge on any atom is -0.495 e. The maximum atomic E-state index is 12.6. The average Bonchev–Trinajstić information content (AvgIpc) is 3.19. The Morgan fingerprint density at radius 3 is 2.48 bits per heavy atom. The molecule has 9 heteroatoms. The van der Waals surface area contributed by atoms with Crippen LogP contribution in [0.3, 0.4) is 0 Å². The van der Waals surface area contributed by atoms with Crippen LogP contribution in [0.25, 0.3) is 0 Å². The first-order valence-electron chi connectivity index (χ1n) is 6.17. The number of sulfonamides is 1. The normalized spacial score (nSPS) is 16.2. The number of rotatable bonds is 5. The highest BCUT2D eigenvalue weighted by Crippen LogP contribution is 2.36. The van der Waals surface area contributed by atoms with E-state index in [4.69, 9.17) is 10.5 Å². The highest BCUT2D eigenvalue weighted by atomic mass is 32.2. The topological polar surface area (TPSA) is 72.6 Å². The van der Waals surface area contributed by atoms with Crippen molar-refractivity contribution in [2.45, 2.75) is 30.0 Å². The number of ether oxygens (including phenoxy) is 1. The number of anilines is 1. The van der Waals surface area contributed by atoms with Gasteiger partial charge in [0.15, 0.2) is 0 Å². The van der Waals surface area contributed by atoms with E-state index in [1.807, 2.05) is 0 Å². The van der Waals surface area contributed by atoms with Crippen LogP contribution in [0.5, 0.6) is 5.75 Å². The molecule has 5 nitrogen and oxygen atoms in total. The summed E-state index contributed by atoms with van der Waals surface area (Å²) in [5.41, 5.74) is 5.79. The van der Waals surface area contributed by atoms with E-state index in [1.54, 1.807) is 0 Å². The van der Waals surface area contributed by atoms with E-state index in [-0.39, 0.29) is 16.3 Å². The molecule has 0 unspecified atom stereocenters. The second-order valence-electron chi connectivity index (χ2n) is 4.80. The van der Waals surface area contributed by atoms with Crippen molar-refractivity contribution in [1.29, 1.82) is 0 Å². The van der Waals surface area contributed by atoms with E-state index in [2.05, 4.69) is 0 Å². The Bertz CT molecular complexity index is 627. The predicted octanol–water partition coefficient (Wildman–Crippen LogP) is 1.99. The van der Waals surface area contributed by atoms with Crippen LogP contribution in [-0.2, 0) is 10.0 Å². The van der Waals surface area contributed by atoms with E-state index in [1.165, 1.54) is 19.2 Å². The van der Waals surface area contributed by atoms with Crippen LogP contribution < -0.4 is 10.5 Å². The van der Waals surface area contributed by atoms with Crippen LogP contribution in [0.4, 0.5) is 18.9 Å². The summed E-state index contributed by atoms with van der Waals surface area (Å²) >= 11 is 0. The van der Waals surface area contributed by atoms with Gasteiger partial charge in [-0.05, 0) is 25.0 Å². The predicted molar refractivity (Wildman–Crippen MR) is 70.4 cm³/mol. The molecule has 1 fully saturated rings. The second-order valence-corrected chi connectivity index (χ2v) is 6.69. The Morgan fingerprint density at radius 2 is 2.00 bits per heavy atom. The first-order chi connectivity index (χ1) is 9.65. The van der Waals surface area contributed by atoms with Crippen molar-refractivity contribution < 1.29 is 26.3 Å². The third-order valence-corrected chi connectivity index (χ3v) is 5.00. The molecule has 1 saturated carbocycles. The van der Waals surface area contributed by atoms with E-state index >= 15 is 0 Å². The van der Waals surface area contributed by atoms with Gasteiger partial charge in [0.2, 0.25) is 10.0 Å². The molecule has 2 rings (SSSR count). The van der Waals surface area contributed by atoms with E-state index in [9.17, 15) is 21.6 Å². The zero-order chi connectivity index (χ0) is 15.8. The Morgan fingerprint density at radius 1 is 1.38 bits per heavy atom. The molecule has 1 aromatic carbocycles. The van der Waals surface area contributed by atoms with Gasteiger partial charge in [0, 0.05) is 12.1 Å². The van der Waals surface area contributed by atoms with Crippen LogP contribution in [-0.4, -0.2) is 38.6 Å². The van der Waals surface area contributed by atoms with Crippen LogP contribution in [0.1, 0.15) is 12.8 Å². The monoisotopic (exact) mass is 324 g/mol. The fourth-order valence-electron chi connectivity index (χ4n) is 1.94. The van der Waals surface area contributed by atoms with Crippen molar-refractivity contribution in [1.82, 2.24) is 4.31 Å². The lowest BCUT2D eigenvalue weighted by atomic mass is 10.3. The summed E-state index contributed by atoms with van der Waals surface area (Å²) in [6, 6.07) is 3.01. The summed E-state index contributed by atoms with van der Waals surface area (Å²) in [7, 11) is -2.94. The molecule has 0 heterocycles. The quantitative estimate of drug-likeness (QED) is 0.841. The fourth-order valence-corrected chi connectivity index (χ4v) is 3.62. The molecule has 0 aliphatic heterocycles. The lowest BCUT2D eigenvalue weighted by molar-refractivity contribution is -0.137. The third-order valence-electron chi connectivity index (χ3n) is 3.10. The van der Waals surface area contributed by atoms with Crippen molar-refractivity contribution in [3.05, 3.63) is 18.2 Å². The van der Waals surface area contributed by atoms with Crippen molar-refractivity contribution in [2.24, 2.45) is 0 Å². The maximum Gasteiger partial charge on any atom is 0.402 e. The molecule has 0 bridgehead atoms. The first-order valence-corrected chi connectivity index (χ1v) is 7.61. The van der Waals surface area contributed by atoms with Gasteiger partial charge < -0.3 is 10.5 Å². The van der Waals surface area contributed by atoms with Gasteiger partial charge in [-0.1, -0.05) is 0 Å². The Balaban J connectivity index is 2.39. The van der Waals surface area contributed by atoms with Crippen LogP contribution >= 0.6 is 0 Å². The molecular formula is C12H15F3N2O3S. The van der Waals surface area contributed by atoms with Crippen molar-refractivity contribution in [2.75, 3.05) is 19.4 Å². The number of halogens is 3. The van der Waals surface area contributed by atoms with Gasteiger partial charge in [0.1, 0.15) is 12.3 Å².